The highest BCUT2D eigenvalue weighted by atomic mass is 35.7. The number of ether oxygens (including phenoxy) is 2. The molecule has 29 heavy (non-hydrogen) atoms. The number of hydrogen-bond donors (Lipinski definition) is 0. The van der Waals surface area contributed by atoms with Crippen LogP contribution in [0.5, 0.6) is 11.5 Å². The van der Waals surface area contributed by atoms with Gasteiger partial charge in [0.15, 0.2) is 5.60 Å². The van der Waals surface area contributed by atoms with Crippen LogP contribution in [0.3, 0.4) is 0 Å². The van der Waals surface area contributed by atoms with Crippen LogP contribution in [0.25, 0.3) is 0 Å². The Kier molecular flexibility index (Phi) is 4.89. The van der Waals surface area contributed by atoms with Gasteiger partial charge in [0.05, 0.1) is 15.6 Å². The Morgan fingerprint density at radius 1 is 0.793 bits per heavy atom. The first-order chi connectivity index (χ1) is 14.0. The van der Waals surface area contributed by atoms with Gasteiger partial charge < -0.3 is 9.47 Å². The molecule has 3 nitrogen and oxygen atoms in total. The first-order valence-electron chi connectivity index (χ1n) is 8.25. The summed E-state index contributed by atoms with van der Waals surface area (Å²) in [7, 11) is 13.9. The van der Waals surface area contributed by atoms with Gasteiger partial charge in [-0.25, -0.2) is 4.79 Å². The molecule has 0 N–H and O–H groups in total. The maximum Gasteiger partial charge on any atom is 0.340 e. The van der Waals surface area contributed by atoms with Crippen molar-refractivity contribution in [2.24, 2.45) is 0 Å². The second-order valence-electron chi connectivity index (χ2n) is 6.43. The number of carbonyl (C=O) groups excluding carboxylic acids is 1. The third-order valence-electron chi connectivity index (χ3n) is 4.98. The molecule has 0 amide bonds. The number of hydrogen-bond acceptors (Lipinski definition) is 5. The second-order valence-corrected chi connectivity index (χ2v) is 9.36. The minimum atomic E-state index is -1.24. The van der Waals surface area contributed by atoms with Crippen molar-refractivity contribution in [3.05, 3.63) is 80.8 Å². The van der Waals surface area contributed by atoms with E-state index in [-0.39, 0.29) is 0 Å². The number of esters is 1. The summed E-state index contributed by atoms with van der Waals surface area (Å²) in [5.41, 5.74) is 1.13. The Morgan fingerprint density at radius 2 is 1.34 bits per heavy atom. The molecule has 0 fully saturated rings. The van der Waals surface area contributed by atoms with E-state index in [1.165, 1.54) is 0 Å². The van der Waals surface area contributed by atoms with Crippen LogP contribution < -0.4 is 4.74 Å². The minimum Gasteiger partial charge on any atom is -0.456 e. The molecule has 0 aliphatic carbocycles. The maximum atomic E-state index is 12.8. The number of benzene rings is 3. The lowest BCUT2D eigenvalue weighted by atomic mass is 9.78. The summed E-state index contributed by atoms with van der Waals surface area (Å²) in [5, 5.41) is 0.851. The zero-order chi connectivity index (χ0) is 20.3. The summed E-state index contributed by atoms with van der Waals surface area (Å²) in [6.45, 7) is 0. The molecular formula is C20H8Cl4O3S2. The average molecular weight is 502 g/mol. The lowest BCUT2D eigenvalue weighted by Crippen LogP contribution is -2.33. The van der Waals surface area contributed by atoms with Gasteiger partial charge in [-0.2, -0.15) is 0 Å². The summed E-state index contributed by atoms with van der Waals surface area (Å²) >= 11 is 12.9. The smallest absolute Gasteiger partial charge is 0.340 e. The molecule has 2 heterocycles. The monoisotopic (exact) mass is 500 g/mol. The standard InChI is InChI=1S/C20H8Cl4O3S2/c21-13-5-11-15(7-17(13)28-23)26-16-8-18(29-24)14(22)6-12(16)20(11)10-4-2-1-3-9(10)19(25)27-20/h1-8H. The highest BCUT2D eigenvalue weighted by Crippen LogP contribution is 2.58. The summed E-state index contributed by atoms with van der Waals surface area (Å²) in [6, 6.07) is 14.1. The molecule has 146 valence electrons. The van der Waals surface area contributed by atoms with E-state index < -0.39 is 11.6 Å². The van der Waals surface area contributed by atoms with Crippen molar-refractivity contribution in [3.8, 4) is 11.5 Å². The molecule has 0 radical (unpaired) electrons. The molecule has 0 bridgehead atoms. The first-order valence-corrected chi connectivity index (χ1v) is 12.3. The summed E-state index contributed by atoms with van der Waals surface area (Å²) in [6.07, 6.45) is 0. The van der Waals surface area contributed by atoms with Crippen LogP contribution in [0.15, 0.2) is 58.3 Å². The third kappa shape index (κ3) is 2.79. The number of rotatable bonds is 2. The molecule has 0 unspecified atom stereocenters. The molecule has 5 rings (SSSR count). The topological polar surface area (TPSA) is 35.5 Å². The lowest BCUT2D eigenvalue weighted by molar-refractivity contribution is 0.0224. The van der Waals surface area contributed by atoms with Crippen molar-refractivity contribution >= 4 is 72.5 Å². The predicted octanol–water partition coefficient (Wildman–Crippen LogP) is 8.05. The van der Waals surface area contributed by atoms with Crippen molar-refractivity contribution in [3.63, 3.8) is 0 Å². The van der Waals surface area contributed by atoms with Crippen LogP contribution in [0.2, 0.25) is 10.0 Å². The molecule has 3 aromatic rings. The van der Waals surface area contributed by atoms with Crippen molar-refractivity contribution in [1.82, 2.24) is 0 Å². The van der Waals surface area contributed by atoms with Gasteiger partial charge in [0, 0.05) is 26.5 Å². The van der Waals surface area contributed by atoms with E-state index in [4.69, 9.17) is 54.0 Å². The van der Waals surface area contributed by atoms with E-state index in [0.717, 1.165) is 22.0 Å². The Hall–Kier alpha value is -1.21. The van der Waals surface area contributed by atoms with Crippen LogP contribution in [0.1, 0.15) is 27.0 Å². The fourth-order valence-electron chi connectivity index (χ4n) is 3.79. The summed E-state index contributed by atoms with van der Waals surface area (Å²) < 4.78 is 12.2. The van der Waals surface area contributed by atoms with Gasteiger partial charge in [-0.15, -0.1) is 0 Å². The number of fused-ring (bicyclic) bond motifs is 6. The highest BCUT2D eigenvalue weighted by molar-refractivity contribution is 8.21. The zero-order valence-corrected chi connectivity index (χ0v) is 18.8. The van der Waals surface area contributed by atoms with Crippen LogP contribution in [-0.2, 0) is 10.3 Å². The minimum absolute atomic E-state index is 0.426. The zero-order valence-electron chi connectivity index (χ0n) is 14.2. The van der Waals surface area contributed by atoms with Gasteiger partial charge >= 0.3 is 5.97 Å². The first kappa shape index (κ1) is 19.7. The van der Waals surface area contributed by atoms with E-state index in [2.05, 4.69) is 0 Å². The number of carbonyl (C=O) groups is 1. The predicted molar refractivity (Wildman–Crippen MR) is 118 cm³/mol. The molecule has 0 saturated heterocycles. The number of halogens is 4. The van der Waals surface area contributed by atoms with E-state index in [9.17, 15) is 4.79 Å². The van der Waals surface area contributed by atoms with E-state index in [1.54, 1.807) is 36.4 Å². The molecule has 9 heteroatoms. The third-order valence-corrected chi connectivity index (χ3v) is 7.84. The van der Waals surface area contributed by atoms with Crippen molar-refractivity contribution in [2.45, 2.75) is 15.4 Å². The van der Waals surface area contributed by atoms with Crippen molar-refractivity contribution < 1.29 is 14.3 Å². The quantitative estimate of drug-likeness (QED) is 0.332. The van der Waals surface area contributed by atoms with Gasteiger partial charge in [0.25, 0.3) is 0 Å². The molecule has 1 spiro atoms. The molecule has 0 aromatic heterocycles. The van der Waals surface area contributed by atoms with Gasteiger partial charge in [-0.05, 0) is 73.6 Å². The Morgan fingerprint density at radius 3 is 1.90 bits per heavy atom. The lowest BCUT2D eigenvalue weighted by Gasteiger charge is -2.37. The Bertz CT molecular complexity index is 1140. The van der Waals surface area contributed by atoms with Crippen LogP contribution in [0.4, 0.5) is 0 Å². The Labute approximate surface area is 193 Å². The Balaban J connectivity index is 1.90. The van der Waals surface area contributed by atoms with E-state index in [1.807, 2.05) is 12.1 Å². The van der Waals surface area contributed by atoms with Crippen LogP contribution in [0, 0.1) is 0 Å². The van der Waals surface area contributed by atoms with Crippen molar-refractivity contribution in [1.29, 1.82) is 0 Å². The van der Waals surface area contributed by atoms with E-state index >= 15 is 0 Å². The largest absolute Gasteiger partial charge is 0.456 e. The van der Waals surface area contributed by atoms with Gasteiger partial charge in [0.1, 0.15) is 11.5 Å². The molecule has 0 atom stereocenters. The second kappa shape index (κ2) is 7.19. The fourth-order valence-corrected chi connectivity index (χ4v) is 5.92. The van der Waals surface area contributed by atoms with Gasteiger partial charge in [0.2, 0.25) is 0 Å². The van der Waals surface area contributed by atoms with Gasteiger partial charge in [-0.1, -0.05) is 41.4 Å². The normalized spacial score (nSPS) is 15.4. The van der Waals surface area contributed by atoms with E-state index in [0.29, 0.717) is 53.6 Å². The van der Waals surface area contributed by atoms with Crippen LogP contribution >= 0.6 is 66.5 Å². The molecule has 2 aliphatic rings. The molecule has 2 aliphatic heterocycles. The SMILES string of the molecule is O=C1OC2(c3cc(Cl)c(SCl)cc3Oc3cc(SCl)c(Cl)cc32)c2ccccc21. The van der Waals surface area contributed by atoms with Crippen LogP contribution in [-0.4, -0.2) is 5.97 Å². The highest BCUT2D eigenvalue weighted by Gasteiger charge is 2.54. The van der Waals surface area contributed by atoms with Crippen molar-refractivity contribution in [2.75, 3.05) is 0 Å². The molecule has 3 aromatic carbocycles. The summed E-state index contributed by atoms with van der Waals surface area (Å²) in [5.74, 6) is 0.544. The molecule has 0 saturated carbocycles. The molecular weight excluding hydrogens is 494 g/mol. The summed E-state index contributed by atoms with van der Waals surface area (Å²) in [4.78, 5) is 14.1. The fraction of sp³-hybridized carbons (Fsp3) is 0.0500. The maximum absolute atomic E-state index is 12.8. The average Bonchev–Trinajstić information content (AvgIpc) is 3.02. The van der Waals surface area contributed by atoms with Gasteiger partial charge in [-0.3, -0.25) is 0 Å².